The molecule has 0 radical (unpaired) electrons. The van der Waals surface area contributed by atoms with Crippen molar-refractivity contribution >= 4 is 11.7 Å². The molecule has 0 bridgehead atoms. The fourth-order valence-electron chi connectivity index (χ4n) is 2.35. The van der Waals surface area contributed by atoms with Crippen LogP contribution in [0.4, 0.5) is 5.82 Å². The van der Waals surface area contributed by atoms with Gasteiger partial charge in [-0.1, -0.05) is 0 Å². The summed E-state index contributed by atoms with van der Waals surface area (Å²) in [7, 11) is 0. The van der Waals surface area contributed by atoms with Crippen LogP contribution in [0.15, 0.2) is 53.7 Å². The molecule has 1 amide bonds. The highest BCUT2D eigenvalue weighted by Crippen LogP contribution is 2.10. The lowest BCUT2D eigenvalue weighted by Gasteiger charge is -2.10. The molecule has 2 N–H and O–H groups in total. The average Bonchev–Trinajstić information content (AvgIpc) is 3.15. The van der Waals surface area contributed by atoms with E-state index < -0.39 is 0 Å². The standard InChI is InChI=1S/C17H19N7O2/c1-13-21-14(11-15(22-13)23-9-2-3-10-23)18-7-8-19-16(25)12-24-17(26)5-4-6-20-24/h2-6,9-11H,7-8,12H2,1H3,(H,19,25)(H,18,21,22). The van der Waals surface area contributed by atoms with E-state index in [1.165, 1.54) is 18.3 Å². The molecular weight excluding hydrogens is 334 g/mol. The molecule has 3 heterocycles. The van der Waals surface area contributed by atoms with Gasteiger partial charge in [-0.05, 0) is 25.1 Å². The summed E-state index contributed by atoms with van der Waals surface area (Å²) in [5.41, 5.74) is -0.310. The Morgan fingerprint density at radius 1 is 1.15 bits per heavy atom. The topological polar surface area (TPSA) is 107 Å². The highest BCUT2D eigenvalue weighted by molar-refractivity contribution is 5.75. The van der Waals surface area contributed by atoms with Crippen LogP contribution in [0.25, 0.3) is 5.82 Å². The van der Waals surface area contributed by atoms with Gasteiger partial charge in [0.15, 0.2) is 0 Å². The lowest BCUT2D eigenvalue weighted by molar-refractivity contribution is -0.121. The number of carbonyl (C=O) groups excluding carboxylic acids is 1. The van der Waals surface area contributed by atoms with Crippen molar-refractivity contribution in [1.29, 1.82) is 0 Å². The maximum atomic E-state index is 11.9. The minimum atomic E-state index is -0.310. The molecule has 0 saturated heterocycles. The molecular formula is C17H19N7O2. The number of hydrogen-bond acceptors (Lipinski definition) is 6. The van der Waals surface area contributed by atoms with Crippen molar-refractivity contribution in [3.63, 3.8) is 0 Å². The van der Waals surface area contributed by atoms with E-state index in [4.69, 9.17) is 0 Å². The monoisotopic (exact) mass is 353 g/mol. The molecule has 0 spiro atoms. The largest absolute Gasteiger partial charge is 0.368 e. The molecule has 3 rings (SSSR count). The van der Waals surface area contributed by atoms with Crippen LogP contribution in [0.1, 0.15) is 5.82 Å². The molecule has 0 aliphatic heterocycles. The van der Waals surface area contributed by atoms with Gasteiger partial charge < -0.3 is 15.2 Å². The number of hydrogen-bond donors (Lipinski definition) is 2. The number of nitrogens with zero attached hydrogens (tertiary/aromatic N) is 5. The van der Waals surface area contributed by atoms with E-state index in [1.54, 1.807) is 0 Å². The van der Waals surface area contributed by atoms with Gasteiger partial charge in [-0.2, -0.15) is 5.10 Å². The van der Waals surface area contributed by atoms with Gasteiger partial charge in [0, 0.05) is 43.8 Å². The molecule has 0 atom stereocenters. The van der Waals surface area contributed by atoms with Crippen LogP contribution < -0.4 is 16.2 Å². The van der Waals surface area contributed by atoms with Crippen LogP contribution in [-0.4, -0.2) is 43.3 Å². The Bertz CT molecular complexity index is 934. The number of amides is 1. The van der Waals surface area contributed by atoms with E-state index in [2.05, 4.69) is 25.7 Å². The van der Waals surface area contributed by atoms with E-state index in [-0.39, 0.29) is 18.0 Å². The molecule has 3 aromatic rings. The first-order chi connectivity index (χ1) is 12.6. The number of rotatable bonds is 7. The van der Waals surface area contributed by atoms with E-state index in [1.807, 2.05) is 42.1 Å². The summed E-state index contributed by atoms with van der Waals surface area (Å²) in [6.45, 7) is 2.60. The fourth-order valence-corrected chi connectivity index (χ4v) is 2.35. The average molecular weight is 353 g/mol. The molecule has 0 unspecified atom stereocenters. The lowest BCUT2D eigenvalue weighted by Crippen LogP contribution is -2.35. The number of aryl methyl sites for hydroxylation is 1. The van der Waals surface area contributed by atoms with E-state index in [0.717, 1.165) is 10.5 Å². The molecule has 0 saturated carbocycles. The second-order valence-electron chi connectivity index (χ2n) is 5.55. The van der Waals surface area contributed by atoms with Crippen LogP contribution >= 0.6 is 0 Å². The SMILES string of the molecule is Cc1nc(NCCNC(=O)Cn2ncccc2=O)cc(-n2cccc2)n1. The second-order valence-corrected chi connectivity index (χ2v) is 5.55. The Hall–Kier alpha value is -3.49. The molecule has 9 nitrogen and oxygen atoms in total. The van der Waals surface area contributed by atoms with Crippen LogP contribution in [0.5, 0.6) is 0 Å². The zero-order valence-electron chi connectivity index (χ0n) is 14.3. The third kappa shape index (κ3) is 4.53. The summed E-state index contributed by atoms with van der Waals surface area (Å²) in [6, 6.07) is 8.58. The maximum Gasteiger partial charge on any atom is 0.267 e. The van der Waals surface area contributed by atoms with Crippen molar-refractivity contribution in [2.45, 2.75) is 13.5 Å². The summed E-state index contributed by atoms with van der Waals surface area (Å²) in [6.07, 6.45) is 5.28. The van der Waals surface area contributed by atoms with Gasteiger partial charge in [0.2, 0.25) is 5.91 Å². The van der Waals surface area contributed by atoms with Gasteiger partial charge in [-0.25, -0.2) is 14.6 Å². The highest BCUT2D eigenvalue weighted by atomic mass is 16.2. The van der Waals surface area contributed by atoms with Crippen molar-refractivity contribution in [3.8, 4) is 5.82 Å². The van der Waals surface area contributed by atoms with Crippen LogP contribution in [-0.2, 0) is 11.3 Å². The first-order valence-electron chi connectivity index (χ1n) is 8.13. The summed E-state index contributed by atoms with van der Waals surface area (Å²) in [4.78, 5) is 32.1. The van der Waals surface area contributed by atoms with Gasteiger partial charge in [-0.15, -0.1) is 0 Å². The first-order valence-corrected chi connectivity index (χ1v) is 8.13. The van der Waals surface area contributed by atoms with Crippen LogP contribution in [0, 0.1) is 6.92 Å². The van der Waals surface area contributed by atoms with Crippen LogP contribution in [0.3, 0.4) is 0 Å². The zero-order valence-corrected chi connectivity index (χ0v) is 14.3. The van der Waals surface area contributed by atoms with Gasteiger partial charge >= 0.3 is 0 Å². The van der Waals surface area contributed by atoms with Gasteiger partial charge in [0.1, 0.15) is 24.0 Å². The van der Waals surface area contributed by atoms with E-state index in [0.29, 0.717) is 24.7 Å². The summed E-state index contributed by atoms with van der Waals surface area (Å²) >= 11 is 0. The number of nitrogens with one attached hydrogen (secondary N) is 2. The highest BCUT2D eigenvalue weighted by Gasteiger charge is 2.05. The summed E-state index contributed by atoms with van der Waals surface area (Å²) in [5, 5.41) is 9.74. The molecule has 134 valence electrons. The number of aromatic nitrogens is 5. The second kappa shape index (κ2) is 8.06. The lowest BCUT2D eigenvalue weighted by atomic mass is 10.4. The van der Waals surface area contributed by atoms with Gasteiger partial charge in [0.05, 0.1) is 0 Å². The van der Waals surface area contributed by atoms with Crippen LogP contribution in [0.2, 0.25) is 0 Å². The number of carbonyl (C=O) groups is 1. The Morgan fingerprint density at radius 3 is 2.73 bits per heavy atom. The molecule has 0 aliphatic carbocycles. The fraction of sp³-hybridized carbons (Fsp3) is 0.235. The minimum Gasteiger partial charge on any atom is -0.368 e. The zero-order chi connectivity index (χ0) is 18.4. The number of anilines is 1. The van der Waals surface area contributed by atoms with Gasteiger partial charge in [-0.3, -0.25) is 9.59 Å². The van der Waals surface area contributed by atoms with Crippen molar-refractivity contribution in [2.24, 2.45) is 0 Å². The molecule has 0 aliphatic rings. The van der Waals surface area contributed by atoms with Crippen molar-refractivity contribution in [2.75, 3.05) is 18.4 Å². The van der Waals surface area contributed by atoms with Crippen molar-refractivity contribution in [3.05, 3.63) is 65.1 Å². The smallest absolute Gasteiger partial charge is 0.267 e. The maximum absolute atomic E-state index is 11.9. The van der Waals surface area contributed by atoms with E-state index >= 15 is 0 Å². The van der Waals surface area contributed by atoms with Crippen molar-refractivity contribution < 1.29 is 4.79 Å². The first kappa shape index (κ1) is 17.3. The predicted octanol–water partition coefficient (Wildman–Crippen LogP) is 0.361. The quantitative estimate of drug-likeness (QED) is 0.594. The molecule has 3 aromatic heterocycles. The molecule has 26 heavy (non-hydrogen) atoms. The summed E-state index contributed by atoms with van der Waals surface area (Å²) < 4.78 is 3.01. The minimum absolute atomic E-state index is 0.107. The molecule has 9 heteroatoms. The normalized spacial score (nSPS) is 10.5. The Labute approximate surface area is 149 Å². The summed E-state index contributed by atoms with van der Waals surface area (Å²) in [5.74, 6) is 1.82. The molecule has 0 fully saturated rings. The Kier molecular flexibility index (Phi) is 5.37. The van der Waals surface area contributed by atoms with Gasteiger partial charge in [0.25, 0.3) is 5.56 Å². The Balaban J connectivity index is 1.50. The Morgan fingerprint density at radius 2 is 1.96 bits per heavy atom. The predicted molar refractivity (Wildman–Crippen MR) is 96.1 cm³/mol. The third-order valence-electron chi connectivity index (χ3n) is 3.53. The third-order valence-corrected chi connectivity index (χ3v) is 3.53. The van der Waals surface area contributed by atoms with Crippen molar-refractivity contribution in [1.82, 2.24) is 29.6 Å². The van der Waals surface area contributed by atoms with E-state index in [9.17, 15) is 9.59 Å². The molecule has 0 aromatic carbocycles.